The second kappa shape index (κ2) is 6.97. The first kappa shape index (κ1) is 16.6. The van der Waals surface area contributed by atoms with Gasteiger partial charge in [0.2, 0.25) is 5.91 Å². The number of hydrogen-bond acceptors (Lipinski definition) is 3. The number of phenolic OH excluding ortho intramolecular Hbond substituents is 1. The molecule has 1 saturated heterocycles. The summed E-state index contributed by atoms with van der Waals surface area (Å²) < 4.78 is 0. The van der Waals surface area contributed by atoms with E-state index in [1.54, 1.807) is 18.2 Å². The van der Waals surface area contributed by atoms with E-state index in [-0.39, 0.29) is 36.3 Å². The molecule has 1 aromatic rings. The lowest BCUT2D eigenvalue weighted by Crippen LogP contribution is -2.49. The van der Waals surface area contributed by atoms with Crippen LogP contribution in [0.25, 0.3) is 6.08 Å². The fourth-order valence-corrected chi connectivity index (χ4v) is 3.35. The third-order valence-corrected chi connectivity index (χ3v) is 4.40. The second-order valence-electron chi connectivity index (χ2n) is 6.36. The summed E-state index contributed by atoms with van der Waals surface area (Å²) in [4.78, 5) is 14.3. The molecule has 0 saturated carbocycles. The summed E-state index contributed by atoms with van der Waals surface area (Å²) in [5.41, 5.74) is 1.62. The number of aliphatic hydroxyl groups is 1. The van der Waals surface area contributed by atoms with Crippen LogP contribution in [0.1, 0.15) is 37.8 Å². The summed E-state index contributed by atoms with van der Waals surface area (Å²) >= 11 is 0. The van der Waals surface area contributed by atoms with Gasteiger partial charge in [0.05, 0.1) is 0 Å². The van der Waals surface area contributed by atoms with Gasteiger partial charge in [0.25, 0.3) is 0 Å². The molecule has 1 amide bonds. The predicted octanol–water partition coefficient (Wildman–Crippen LogP) is 2.72. The number of likely N-dealkylation sites (tertiary alicyclic amines) is 1. The van der Waals surface area contributed by atoms with Crippen LogP contribution in [-0.2, 0) is 4.79 Å². The lowest BCUT2D eigenvalue weighted by atomic mass is 9.87. The predicted molar refractivity (Wildman–Crippen MR) is 87.5 cm³/mol. The number of phenols is 1. The summed E-state index contributed by atoms with van der Waals surface area (Å²) in [6.07, 6.45) is 4.84. The van der Waals surface area contributed by atoms with Gasteiger partial charge in [-0.05, 0) is 57.2 Å². The zero-order valence-electron chi connectivity index (χ0n) is 13.5. The van der Waals surface area contributed by atoms with Gasteiger partial charge in [-0.3, -0.25) is 4.79 Å². The van der Waals surface area contributed by atoms with Crippen LogP contribution < -0.4 is 0 Å². The van der Waals surface area contributed by atoms with Crippen LogP contribution in [0.15, 0.2) is 24.3 Å². The third-order valence-electron chi connectivity index (χ3n) is 4.40. The number of carbonyl (C=O) groups is 1. The van der Waals surface area contributed by atoms with E-state index >= 15 is 0 Å². The van der Waals surface area contributed by atoms with Crippen LogP contribution in [0.5, 0.6) is 5.75 Å². The highest BCUT2D eigenvalue weighted by molar-refractivity contribution is 5.92. The zero-order chi connectivity index (χ0) is 16.3. The van der Waals surface area contributed by atoms with Crippen molar-refractivity contribution in [1.82, 2.24) is 4.90 Å². The van der Waals surface area contributed by atoms with Gasteiger partial charge < -0.3 is 15.1 Å². The number of piperidine rings is 1. The first-order valence-electron chi connectivity index (χ1n) is 7.83. The first-order chi connectivity index (χ1) is 10.4. The smallest absolute Gasteiger partial charge is 0.247 e. The van der Waals surface area contributed by atoms with Crippen LogP contribution in [0.4, 0.5) is 0 Å². The van der Waals surface area contributed by atoms with Crippen molar-refractivity contribution < 1.29 is 15.0 Å². The number of amides is 1. The number of aromatic hydroxyl groups is 1. The van der Waals surface area contributed by atoms with E-state index in [1.165, 1.54) is 6.08 Å². The first-order valence-corrected chi connectivity index (χ1v) is 7.83. The quantitative estimate of drug-likeness (QED) is 0.844. The highest BCUT2D eigenvalue weighted by Crippen LogP contribution is 2.28. The molecule has 4 nitrogen and oxygen atoms in total. The Morgan fingerprint density at radius 2 is 1.95 bits per heavy atom. The van der Waals surface area contributed by atoms with Gasteiger partial charge in [0.1, 0.15) is 5.75 Å². The second-order valence-corrected chi connectivity index (χ2v) is 6.36. The summed E-state index contributed by atoms with van der Waals surface area (Å²) in [7, 11) is 0. The minimum Gasteiger partial charge on any atom is -0.507 e. The molecule has 1 heterocycles. The number of aryl methyl sites for hydroxylation is 1. The molecule has 1 aliphatic rings. The van der Waals surface area contributed by atoms with Gasteiger partial charge >= 0.3 is 0 Å². The number of nitrogens with zero attached hydrogens (tertiary/aromatic N) is 1. The maximum Gasteiger partial charge on any atom is 0.247 e. The SMILES string of the molecule is Cc1ccc(/C=C/C(=O)N2C(C)CC(CO)CC2C)c(O)c1. The van der Waals surface area contributed by atoms with Gasteiger partial charge in [-0.15, -0.1) is 0 Å². The Bertz CT molecular complexity index is 555. The molecule has 0 radical (unpaired) electrons. The topological polar surface area (TPSA) is 60.8 Å². The summed E-state index contributed by atoms with van der Waals surface area (Å²) in [5, 5.41) is 19.2. The van der Waals surface area contributed by atoms with Crippen molar-refractivity contribution in [2.24, 2.45) is 5.92 Å². The van der Waals surface area contributed by atoms with Crippen molar-refractivity contribution in [3.63, 3.8) is 0 Å². The highest BCUT2D eigenvalue weighted by atomic mass is 16.3. The average Bonchev–Trinajstić information content (AvgIpc) is 2.45. The maximum atomic E-state index is 12.5. The Hall–Kier alpha value is -1.81. The van der Waals surface area contributed by atoms with Gasteiger partial charge in [-0.25, -0.2) is 0 Å². The van der Waals surface area contributed by atoms with Gasteiger partial charge in [0.15, 0.2) is 0 Å². The van der Waals surface area contributed by atoms with Crippen LogP contribution in [0.3, 0.4) is 0 Å². The van der Waals surface area contributed by atoms with Gasteiger partial charge in [0, 0.05) is 30.3 Å². The Morgan fingerprint density at radius 3 is 2.50 bits per heavy atom. The lowest BCUT2D eigenvalue weighted by Gasteiger charge is -2.41. The molecular formula is C18H25NO3. The zero-order valence-corrected chi connectivity index (χ0v) is 13.5. The van der Waals surface area contributed by atoms with E-state index in [0.717, 1.165) is 18.4 Å². The summed E-state index contributed by atoms with van der Waals surface area (Å²) in [6.45, 7) is 6.14. The molecule has 120 valence electrons. The Morgan fingerprint density at radius 1 is 1.32 bits per heavy atom. The van der Waals surface area contributed by atoms with Crippen molar-refractivity contribution in [3.8, 4) is 5.75 Å². The van der Waals surface area contributed by atoms with Crippen LogP contribution in [-0.4, -0.2) is 39.7 Å². The minimum atomic E-state index is -0.0450. The number of rotatable bonds is 3. The normalized spacial score (nSPS) is 25.6. The molecule has 1 aromatic carbocycles. The van der Waals surface area contributed by atoms with E-state index in [4.69, 9.17) is 0 Å². The molecule has 2 rings (SSSR count). The summed E-state index contributed by atoms with van der Waals surface area (Å²) in [5.74, 6) is 0.416. The summed E-state index contributed by atoms with van der Waals surface area (Å²) in [6, 6.07) is 5.62. The van der Waals surface area contributed by atoms with E-state index in [1.807, 2.05) is 31.7 Å². The number of benzene rings is 1. The molecule has 0 spiro atoms. The Labute approximate surface area is 132 Å². The van der Waals surface area contributed by atoms with Crippen molar-refractivity contribution in [2.45, 2.75) is 45.7 Å². The molecule has 0 aromatic heterocycles. The molecule has 2 N–H and O–H groups in total. The largest absolute Gasteiger partial charge is 0.507 e. The molecule has 2 unspecified atom stereocenters. The monoisotopic (exact) mass is 303 g/mol. The van der Waals surface area contributed by atoms with Crippen molar-refractivity contribution in [3.05, 3.63) is 35.4 Å². The van der Waals surface area contributed by atoms with Gasteiger partial charge in [-0.1, -0.05) is 12.1 Å². The fraction of sp³-hybridized carbons (Fsp3) is 0.500. The molecule has 1 fully saturated rings. The van der Waals surface area contributed by atoms with Crippen molar-refractivity contribution >= 4 is 12.0 Å². The molecule has 4 heteroatoms. The molecule has 22 heavy (non-hydrogen) atoms. The van der Waals surface area contributed by atoms with Crippen molar-refractivity contribution in [2.75, 3.05) is 6.61 Å². The highest BCUT2D eigenvalue weighted by Gasteiger charge is 2.32. The lowest BCUT2D eigenvalue weighted by molar-refractivity contribution is -0.133. The average molecular weight is 303 g/mol. The van der Waals surface area contributed by atoms with E-state index in [9.17, 15) is 15.0 Å². The van der Waals surface area contributed by atoms with Gasteiger partial charge in [-0.2, -0.15) is 0 Å². The Kier molecular flexibility index (Phi) is 5.24. The fourth-order valence-electron chi connectivity index (χ4n) is 3.35. The molecule has 2 atom stereocenters. The molecular weight excluding hydrogens is 278 g/mol. The Balaban J connectivity index is 2.09. The number of aliphatic hydroxyl groups excluding tert-OH is 1. The maximum absolute atomic E-state index is 12.5. The molecule has 0 bridgehead atoms. The van der Waals surface area contributed by atoms with E-state index < -0.39 is 0 Å². The molecule has 1 aliphatic heterocycles. The number of hydrogen-bond donors (Lipinski definition) is 2. The van der Waals surface area contributed by atoms with Crippen molar-refractivity contribution in [1.29, 1.82) is 0 Å². The molecule has 0 aliphatic carbocycles. The standard InChI is InChI=1S/C18H25NO3/c1-12-4-5-16(17(21)8-12)6-7-18(22)19-13(2)9-15(11-20)10-14(19)3/h4-8,13-15,20-21H,9-11H2,1-3H3/b7-6+. The van der Waals surface area contributed by atoms with Crippen LogP contribution in [0.2, 0.25) is 0 Å². The van der Waals surface area contributed by atoms with Crippen LogP contribution >= 0.6 is 0 Å². The van der Waals surface area contributed by atoms with Crippen LogP contribution in [0, 0.1) is 12.8 Å². The third kappa shape index (κ3) is 3.69. The minimum absolute atomic E-state index is 0.0450. The van der Waals surface area contributed by atoms with E-state index in [2.05, 4.69) is 0 Å². The van der Waals surface area contributed by atoms with E-state index in [0.29, 0.717) is 5.56 Å². The number of carbonyl (C=O) groups excluding carboxylic acids is 1.